The molecule has 1 aliphatic carbocycles. The first-order valence-corrected chi connectivity index (χ1v) is 6.46. The van der Waals surface area contributed by atoms with E-state index in [9.17, 15) is 18.9 Å². The van der Waals surface area contributed by atoms with Crippen LogP contribution in [0.4, 0.5) is 20.2 Å². The van der Waals surface area contributed by atoms with Crippen LogP contribution in [0.25, 0.3) is 0 Å². The van der Waals surface area contributed by atoms with Crippen molar-refractivity contribution in [1.82, 2.24) is 0 Å². The summed E-state index contributed by atoms with van der Waals surface area (Å²) in [6.07, 6.45) is 5.50. The number of hydrogen-bond donors (Lipinski definition) is 1. The summed E-state index contributed by atoms with van der Waals surface area (Å²) in [5, 5.41) is 13.5. The summed E-state index contributed by atoms with van der Waals surface area (Å²) in [5.41, 5.74) is -0.759. The van der Waals surface area contributed by atoms with Gasteiger partial charge in [0.05, 0.1) is 4.92 Å². The van der Waals surface area contributed by atoms with E-state index in [2.05, 4.69) is 5.32 Å². The van der Waals surface area contributed by atoms with Gasteiger partial charge in [0.1, 0.15) is 0 Å². The van der Waals surface area contributed by atoms with E-state index in [-0.39, 0.29) is 5.69 Å². The highest BCUT2D eigenvalue weighted by Crippen LogP contribution is 2.30. The second-order valence-corrected chi connectivity index (χ2v) is 4.90. The van der Waals surface area contributed by atoms with Crippen LogP contribution < -0.4 is 5.32 Å². The number of rotatable bonds is 4. The summed E-state index contributed by atoms with van der Waals surface area (Å²) in [6, 6.07) is 1.76. The number of nitrogens with one attached hydrogen (secondary N) is 1. The summed E-state index contributed by atoms with van der Waals surface area (Å²) in [6.45, 7) is 0.446. The van der Waals surface area contributed by atoms with Gasteiger partial charge in [-0.1, -0.05) is 19.3 Å². The van der Waals surface area contributed by atoms with Gasteiger partial charge in [0.25, 0.3) is 5.69 Å². The van der Waals surface area contributed by atoms with Gasteiger partial charge in [0.2, 0.25) is 0 Å². The molecule has 1 aromatic carbocycles. The molecule has 0 radical (unpaired) electrons. The molecule has 4 nitrogen and oxygen atoms in total. The maximum absolute atomic E-state index is 13.6. The summed E-state index contributed by atoms with van der Waals surface area (Å²) in [5.74, 6) is -1.88. The van der Waals surface area contributed by atoms with E-state index in [0.717, 1.165) is 37.8 Å². The quantitative estimate of drug-likeness (QED) is 0.667. The Morgan fingerprint density at radius 1 is 1.26 bits per heavy atom. The van der Waals surface area contributed by atoms with Gasteiger partial charge in [-0.3, -0.25) is 10.1 Å². The molecule has 0 heterocycles. The second kappa shape index (κ2) is 5.95. The minimum absolute atomic E-state index is 0.337. The van der Waals surface area contributed by atoms with E-state index in [4.69, 9.17) is 0 Å². The monoisotopic (exact) mass is 270 g/mol. The molecule has 1 saturated carbocycles. The third kappa shape index (κ3) is 3.19. The Hall–Kier alpha value is -1.72. The van der Waals surface area contributed by atoms with E-state index in [0.29, 0.717) is 12.5 Å². The number of nitro groups is 1. The lowest BCUT2D eigenvalue weighted by atomic mass is 9.89. The number of benzene rings is 1. The molecule has 0 saturated heterocycles. The van der Waals surface area contributed by atoms with Crippen LogP contribution in [0, 0.1) is 27.7 Å². The fraction of sp³-hybridized carbons (Fsp3) is 0.538. The van der Waals surface area contributed by atoms with Crippen molar-refractivity contribution in [3.63, 3.8) is 0 Å². The molecule has 1 N–H and O–H groups in total. The molecule has 0 aromatic heterocycles. The Labute approximate surface area is 110 Å². The van der Waals surface area contributed by atoms with Gasteiger partial charge in [-0.25, -0.2) is 8.78 Å². The highest BCUT2D eigenvalue weighted by molar-refractivity contribution is 5.62. The van der Waals surface area contributed by atoms with E-state index in [1.54, 1.807) is 0 Å². The molecule has 0 atom stereocenters. The average Bonchev–Trinajstić information content (AvgIpc) is 2.41. The lowest BCUT2D eigenvalue weighted by Gasteiger charge is -2.22. The molecule has 1 aromatic rings. The molecule has 19 heavy (non-hydrogen) atoms. The zero-order valence-corrected chi connectivity index (χ0v) is 10.5. The molecule has 104 valence electrons. The Morgan fingerprint density at radius 3 is 2.58 bits per heavy atom. The van der Waals surface area contributed by atoms with E-state index < -0.39 is 22.2 Å². The molecule has 1 aliphatic rings. The summed E-state index contributed by atoms with van der Waals surface area (Å²) < 4.78 is 26.8. The second-order valence-electron chi connectivity index (χ2n) is 4.90. The summed E-state index contributed by atoms with van der Waals surface area (Å²) >= 11 is 0. The van der Waals surface area contributed by atoms with Gasteiger partial charge in [-0.05, 0) is 24.8 Å². The lowest BCUT2D eigenvalue weighted by molar-refractivity contribution is -0.384. The molecular weight excluding hydrogens is 254 g/mol. The lowest BCUT2D eigenvalue weighted by Crippen LogP contribution is -2.18. The van der Waals surface area contributed by atoms with Gasteiger partial charge < -0.3 is 5.32 Å². The Kier molecular flexibility index (Phi) is 4.29. The molecule has 6 heteroatoms. The molecule has 0 spiro atoms. The highest BCUT2D eigenvalue weighted by atomic mass is 19.2. The number of nitro benzene ring substituents is 1. The Bertz CT molecular complexity index is 474. The first-order valence-electron chi connectivity index (χ1n) is 6.46. The fourth-order valence-electron chi connectivity index (χ4n) is 2.50. The Morgan fingerprint density at radius 2 is 1.95 bits per heavy atom. The minimum atomic E-state index is -1.18. The minimum Gasteiger partial charge on any atom is -0.377 e. The van der Waals surface area contributed by atoms with Crippen molar-refractivity contribution >= 4 is 11.4 Å². The van der Waals surface area contributed by atoms with Crippen molar-refractivity contribution in [2.24, 2.45) is 5.92 Å². The Balaban J connectivity index is 2.13. The third-order valence-corrected chi connectivity index (χ3v) is 3.56. The first kappa shape index (κ1) is 13.7. The van der Waals surface area contributed by atoms with Crippen molar-refractivity contribution in [1.29, 1.82) is 0 Å². The number of anilines is 1. The molecule has 0 bridgehead atoms. The largest absolute Gasteiger partial charge is 0.377 e. The fourth-order valence-corrected chi connectivity index (χ4v) is 2.50. The van der Waals surface area contributed by atoms with Crippen molar-refractivity contribution in [2.75, 3.05) is 11.9 Å². The summed E-state index contributed by atoms with van der Waals surface area (Å²) in [4.78, 5) is 10.1. The van der Waals surface area contributed by atoms with Crippen molar-refractivity contribution in [2.45, 2.75) is 32.1 Å². The van der Waals surface area contributed by atoms with Crippen molar-refractivity contribution in [3.8, 4) is 0 Å². The van der Waals surface area contributed by atoms with Crippen LogP contribution >= 0.6 is 0 Å². The SMILES string of the molecule is O=[N+]([O-])c1ccc(F)c(F)c1NCC1CCCCC1. The summed E-state index contributed by atoms with van der Waals surface area (Å²) in [7, 11) is 0. The van der Waals surface area contributed by atoms with Crippen molar-refractivity contribution < 1.29 is 13.7 Å². The highest BCUT2D eigenvalue weighted by Gasteiger charge is 2.22. The maximum Gasteiger partial charge on any atom is 0.295 e. The van der Waals surface area contributed by atoms with Crippen LogP contribution in [0.2, 0.25) is 0 Å². The molecule has 0 unspecified atom stereocenters. The standard InChI is InChI=1S/C13H16F2N2O2/c14-10-6-7-11(17(18)19)13(12(10)15)16-8-9-4-2-1-3-5-9/h6-7,9,16H,1-5,8H2. The van der Waals surface area contributed by atoms with E-state index in [1.165, 1.54) is 6.42 Å². The van der Waals surface area contributed by atoms with Crippen LogP contribution in [0.3, 0.4) is 0 Å². The van der Waals surface area contributed by atoms with Gasteiger partial charge in [-0.15, -0.1) is 0 Å². The number of nitrogens with zero attached hydrogens (tertiary/aromatic N) is 1. The van der Waals surface area contributed by atoms with Crippen LogP contribution in [0.1, 0.15) is 32.1 Å². The average molecular weight is 270 g/mol. The van der Waals surface area contributed by atoms with Crippen LogP contribution in [-0.4, -0.2) is 11.5 Å². The maximum atomic E-state index is 13.6. The number of halogens is 2. The smallest absolute Gasteiger partial charge is 0.295 e. The molecular formula is C13H16F2N2O2. The third-order valence-electron chi connectivity index (χ3n) is 3.56. The first-order chi connectivity index (χ1) is 9.09. The topological polar surface area (TPSA) is 55.2 Å². The van der Waals surface area contributed by atoms with E-state index in [1.807, 2.05) is 0 Å². The molecule has 1 fully saturated rings. The molecule has 2 rings (SSSR count). The molecule has 0 amide bonds. The van der Waals surface area contributed by atoms with Gasteiger partial charge in [0, 0.05) is 12.6 Å². The van der Waals surface area contributed by atoms with Gasteiger partial charge in [-0.2, -0.15) is 0 Å². The zero-order valence-electron chi connectivity index (χ0n) is 10.5. The van der Waals surface area contributed by atoms with Crippen LogP contribution in [0.15, 0.2) is 12.1 Å². The number of hydrogen-bond acceptors (Lipinski definition) is 3. The predicted molar refractivity (Wildman–Crippen MR) is 68.1 cm³/mol. The zero-order chi connectivity index (χ0) is 13.8. The van der Waals surface area contributed by atoms with Gasteiger partial charge in [0.15, 0.2) is 17.3 Å². The van der Waals surface area contributed by atoms with Crippen LogP contribution in [-0.2, 0) is 0 Å². The van der Waals surface area contributed by atoms with Crippen LogP contribution in [0.5, 0.6) is 0 Å². The van der Waals surface area contributed by atoms with E-state index >= 15 is 0 Å². The normalized spacial score (nSPS) is 16.3. The predicted octanol–water partition coefficient (Wildman–Crippen LogP) is 3.87. The van der Waals surface area contributed by atoms with Gasteiger partial charge >= 0.3 is 0 Å². The molecule has 0 aliphatic heterocycles. The van der Waals surface area contributed by atoms with Crippen molar-refractivity contribution in [3.05, 3.63) is 33.9 Å².